The molecule has 0 radical (unpaired) electrons. The number of hydrogen-bond donors (Lipinski definition) is 1. The molecule has 0 aliphatic heterocycles. The predicted octanol–water partition coefficient (Wildman–Crippen LogP) is 0.804. The van der Waals surface area contributed by atoms with E-state index < -0.39 is 0 Å². The molecule has 1 aromatic carbocycles. The van der Waals surface area contributed by atoms with Crippen LogP contribution in [0, 0.1) is 0 Å². The predicted molar refractivity (Wildman–Crippen MR) is 43.1 cm³/mol. The average molecular weight is 164 g/mol. The summed E-state index contributed by atoms with van der Waals surface area (Å²) in [5, 5.41) is 8.72. The first kappa shape index (κ1) is 8.62. The van der Waals surface area contributed by atoms with Crippen LogP contribution in [0.1, 0.15) is 26.3 Å². The SMILES string of the molecule is O=Cc1ccc(CO)cc1C=O. The van der Waals surface area contributed by atoms with Crippen LogP contribution in [0.15, 0.2) is 18.2 Å². The molecule has 0 aliphatic carbocycles. The van der Waals surface area contributed by atoms with Crippen molar-refractivity contribution < 1.29 is 14.7 Å². The number of benzene rings is 1. The minimum Gasteiger partial charge on any atom is -0.392 e. The molecule has 0 heterocycles. The third-order valence-corrected chi connectivity index (χ3v) is 1.59. The van der Waals surface area contributed by atoms with Crippen molar-refractivity contribution >= 4 is 12.6 Å². The number of aldehydes is 2. The molecule has 0 spiro atoms. The summed E-state index contributed by atoms with van der Waals surface area (Å²) in [6.45, 7) is -0.125. The first-order chi connectivity index (χ1) is 5.81. The highest BCUT2D eigenvalue weighted by Crippen LogP contribution is 2.07. The summed E-state index contributed by atoms with van der Waals surface area (Å²) in [7, 11) is 0. The van der Waals surface area contributed by atoms with Crippen molar-refractivity contribution in [2.45, 2.75) is 6.61 Å². The molecule has 3 nitrogen and oxygen atoms in total. The fourth-order valence-corrected chi connectivity index (χ4v) is 0.932. The smallest absolute Gasteiger partial charge is 0.150 e. The lowest BCUT2D eigenvalue weighted by Crippen LogP contribution is -1.93. The van der Waals surface area contributed by atoms with E-state index in [0.29, 0.717) is 29.3 Å². The zero-order valence-corrected chi connectivity index (χ0v) is 6.36. The van der Waals surface area contributed by atoms with Gasteiger partial charge in [-0.05, 0) is 11.6 Å². The van der Waals surface area contributed by atoms with Crippen LogP contribution in [0.25, 0.3) is 0 Å². The Morgan fingerprint density at radius 3 is 2.33 bits per heavy atom. The number of rotatable bonds is 3. The van der Waals surface area contributed by atoms with Gasteiger partial charge in [-0.2, -0.15) is 0 Å². The molecule has 0 amide bonds. The Balaban J connectivity index is 3.18. The third-order valence-electron chi connectivity index (χ3n) is 1.59. The fourth-order valence-electron chi connectivity index (χ4n) is 0.932. The summed E-state index contributed by atoms with van der Waals surface area (Å²) in [6.07, 6.45) is 1.22. The molecule has 0 bridgehead atoms. The van der Waals surface area contributed by atoms with E-state index in [9.17, 15) is 9.59 Å². The maximum absolute atomic E-state index is 10.4. The second-order valence-electron chi connectivity index (χ2n) is 2.36. The van der Waals surface area contributed by atoms with Crippen molar-refractivity contribution in [2.24, 2.45) is 0 Å². The molecule has 1 aromatic rings. The van der Waals surface area contributed by atoms with Crippen LogP contribution in [0.4, 0.5) is 0 Å². The van der Waals surface area contributed by atoms with Crippen molar-refractivity contribution in [3.8, 4) is 0 Å². The number of aliphatic hydroxyl groups excluding tert-OH is 1. The standard InChI is InChI=1S/C9H8O3/c10-4-7-1-2-8(5-11)9(3-7)6-12/h1-3,5-6,10H,4H2. The molecular weight excluding hydrogens is 156 g/mol. The summed E-state index contributed by atoms with van der Waals surface area (Å²) in [5.41, 5.74) is 1.29. The lowest BCUT2D eigenvalue weighted by atomic mass is 10.1. The quantitative estimate of drug-likeness (QED) is 0.672. The van der Waals surface area contributed by atoms with Crippen LogP contribution in [0.5, 0.6) is 0 Å². The number of carbonyl (C=O) groups is 2. The highest BCUT2D eigenvalue weighted by molar-refractivity contribution is 5.90. The van der Waals surface area contributed by atoms with Crippen molar-refractivity contribution in [1.29, 1.82) is 0 Å². The molecule has 0 atom stereocenters. The number of carbonyl (C=O) groups excluding carboxylic acids is 2. The van der Waals surface area contributed by atoms with E-state index in [4.69, 9.17) is 5.11 Å². The zero-order valence-electron chi connectivity index (χ0n) is 6.36. The van der Waals surface area contributed by atoms with Gasteiger partial charge < -0.3 is 5.11 Å². The van der Waals surface area contributed by atoms with E-state index in [1.54, 1.807) is 6.07 Å². The summed E-state index contributed by atoms with van der Waals surface area (Å²) in [5.74, 6) is 0. The summed E-state index contributed by atoms with van der Waals surface area (Å²) >= 11 is 0. The van der Waals surface area contributed by atoms with E-state index in [1.807, 2.05) is 0 Å². The van der Waals surface area contributed by atoms with Crippen molar-refractivity contribution in [2.75, 3.05) is 0 Å². The van der Waals surface area contributed by atoms with Gasteiger partial charge in [0.15, 0.2) is 12.6 Å². The van der Waals surface area contributed by atoms with E-state index in [2.05, 4.69) is 0 Å². The topological polar surface area (TPSA) is 54.4 Å². The number of aliphatic hydroxyl groups is 1. The van der Waals surface area contributed by atoms with Crippen LogP contribution < -0.4 is 0 Å². The Labute approximate surface area is 69.6 Å². The van der Waals surface area contributed by atoms with Gasteiger partial charge in [-0.1, -0.05) is 12.1 Å². The Morgan fingerprint density at radius 2 is 1.83 bits per heavy atom. The van der Waals surface area contributed by atoms with Crippen molar-refractivity contribution in [3.05, 3.63) is 34.9 Å². The monoisotopic (exact) mass is 164 g/mol. The zero-order chi connectivity index (χ0) is 8.97. The van der Waals surface area contributed by atoms with E-state index in [0.717, 1.165) is 0 Å². The van der Waals surface area contributed by atoms with Gasteiger partial charge in [0.25, 0.3) is 0 Å². The molecule has 3 heteroatoms. The van der Waals surface area contributed by atoms with Gasteiger partial charge in [-0.3, -0.25) is 9.59 Å². The Hall–Kier alpha value is -1.48. The maximum atomic E-state index is 10.4. The molecule has 0 saturated carbocycles. The van der Waals surface area contributed by atoms with Gasteiger partial charge in [0.1, 0.15) is 0 Å². The second-order valence-corrected chi connectivity index (χ2v) is 2.36. The molecule has 62 valence electrons. The fraction of sp³-hybridized carbons (Fsp3) is 0.111. The van der Waals surface area contributed by atoms with E-state index in [-0.39, 0.29) is 6.61 Å². The van der Waals surface area contributed by atoms with Crippen LogP contribution in [-0.2, 0) is 6.61 Å². The first-order valence-electron chi connectivity index (χ1n) is 3.46. The minimum absolute atomic E-state index is 0.125. The van der Waals surface area contributed by atoms with Gasteiger partial charge in [0.2, 0.25) is 0 Å². The lowest BCUT2D eigenvalue weighted by Gasteiger charge is -1.99. The van der Waals surface area contributed by atoms with E-state index in [1.165, 1.54) is 12.1 Å². The van der Waals surface area contributed by atoms with Gasteiger partial charge in [-0.15, -0.1) is 0 Å². The van der Waals surface area contributed by atoms with Gasteiger partial charge in [-0.25, -0.2) is 0 Å². The molecule has 0 saturated heterocycles. The first-order valence-corrected chi connectivity index (χ1v) is 3.46. The normalized spacial score (nSPS) is 9.42. The molecule has 0 aromatic heterocycles. The molecule has 1 N–H and O–H groups in total. The van der Waals surface area contributed by atoms with Crippen LogP contribution in [0.3, 0.4) is 0 Å². The van der Waals surface area contributed by atoms with Gasteiger partial charge in [0, 0.05) is 11.1 Å². The highest BCUT2D eigenvalue weighted by Gasteiger charge is 2.00. The minimum atomic E-state index is -0.125. The maximum Gasteiger partial charge on any atom is 0.150 e. The molecule has 0 fully saturated rings. The molecule has 0 aliphatic rings. The van der Waals surface area contributed by atoms with Crippen LogP contribution in [-0.4, -0.2) is 17.7 Å². The summed E-state index contributed by atoms with van der Waals surface area (Å²) in [6, 6.07) is 4.62. The van der Waals surface area contributed by atoms with Crippen LogP contribution >= 0.6 is 0 Å². The summed E-state index contributed by atoms with van der Waals surface area (Å²) < 4.78 is 0. The Morgan fingerprint density at radius 1 is 1.17 bits per heavy atom. The van der Waals surface area contributed by atoms with Crippen LogP contribution in [0.2, 0.25) is 0 Å². The molecule has 1 rings (SSSR count). The second kappa shape index (κ2) is 3.78. The van der Waals surface area contributed by atoms with Gasteiger partial charge in [0.05, 0.1) is 6.61 Å². The molecular formula is C9H8O3. The molecule has 0 unspecified atom stereocenters. The third kappa shape index (κ3) is 1.57. The van der Waals surface area contributed by atoms with E-state index >= 15 is 0 Å². The number of hydrogen-bond acceptors (Lipinski definition) is 3. The highest BCUT2D eigenvalue weighted by atomic mass is 16.3. The average Bonchev–Trinajstić information content (AvgIpc) is 2.16. The van der Waals surface area contributed by atoms with Crippen molar-refractivity contribution in [1.82, 2.24) is 0 Å². The van der Waals surface area contributed by atoms with Crippen molar-refractivity contribution in [3.63, 3.8) is 0 Å². The Kier molecular flexibility index (Phi) is 2.71. The largest absolute Gasteiger partial charge is 0.392 e. The summed E-state index contributed by atoms with van der Waals surface area (Å²) in [4.78, 5) is 20.8. The molecule has 12 heavy (non-hydrogen) atoms. The van der Waals surface area contributed by atoms with Gasteiger partial charge >= 0.3 is 0 Å². The lowest BCUT2D eigenvalue weighted by molar-refractivity contribution is 0.109. The Bertz CT molecular complexity index is 305.